The highest BCUT2D eigenvalue weighted by molar-refractivity contribution is 6.02. The van der Waals surface area contributed by atoms with Crippen molar-refractivity contribution in [2.45, 2.75) is 12.3 Å². The summed E-state index contributed by atoms with van der Waals surface area (Å²) in [5.41, 5.74) is 8.04. The number of primary amides is 1. The fourth-order valence-electron chi connectivity index (χ4n) is 3.74. The summed E-state index contributed by atoms with van der Waals surface area (Å²) < 4.78 is 5.41. The topological polar surface area (TPSA) is 122 Å². The van der Waals surface area contributed by atoms with Crippen LogP contribution in [0.4, 0.5) is 11.4 Å². The van der Waals surface area contributed by atoms with Gasteiger partial charge in [-0.15, -0.1) is 0 Å². The zero-order valence-electron chi connectivity index (χ0n) is 16.4. The Hall–Kier alpha value is -4.33. The first kappa shape index (κ1) is 18.7. The quantitative estimate of drug-likeness (QED) is 0.373. The molecule has 0 aliphatic carbocycles. The van der Waals surface area contributed by atoms with Crippen LogP contribution in [0.25, 0.3) is 10.9 Å². The average molecular weight is 413 g/mol. The summed E-state index contributed by atoms with van der Waals surface area (Å²) in [6, 6.07) is 21.9. The number of esters is 1. The molecule has 3 aromatic carbocycles. The summed E-state index contributed by atoms with van der Waals surface area (Å²) in [5.74, 6) is -1.09. The highest BCUT2D eigenvalue weighted by atomic mass is 16.5. The van der Waals surface area contributed by atoms with Crippen LogP contribution < -0.4 is 16.4 Å². The summed E-state index contributed by atoms with van der Waals surface area (Å²) in [5, 5.41) is 14.3. The predicted octanol–water partition coefficient (Wildman–Crippen LogP) is 3.10. The molecule has 1 amide bonds. The summed E-state index contributed by atoms with van der Waals surface area (Å²) in [7, 11) is 0. The standard InChI is InChI=1S/C23H19N5O3/c24-22(30)23(20-16-8-4-5-9-17(16)27-28-20)25-18-11-10-15(12-19(18)26-23)21(29)31-13-14-6-2-1-3-7-14/h1-12,25-26H,13H2,(H2,24,30)(H,27,28). The largest absolute Gasteiger partial charge is 0.457 e. The van der Waals surface area contributed by atoms with E-state index in [0.29, 0.717) is 28.1 Å². The Bertz CT molecular complexity index is 1300. The van der Waals surface area contributed by atoms with Crippen LogP contribution in [-0.4, -0.2) is 22.1 Å². The molecule has 5 rings (SSSR count). The third kappa shape index (κ3) is 3.14. The zero-order valence-corrected chi connectivity index (χ0v) is 16.4. The molecule has 0 saturated heterocycles. The molecule has 1 unspecified atom stereocenters. The van der Waals surface area contributed by atoms with Gasteiger partial charge < -0.3 is 21.1 Å². The van der Waals surface area contributed by atoms with Crippen LogP contribution in [0.3, 0.4) is 0 Å². The molecule has 154 valence electrons. The lowest BCUT2D eigenvalue weighted by atomic mass is 10.0. The third-order valence-electron chi connectivity index (χ3n) is 5.32. The van der Waals surface area contributed by atoms with Gasteiger partial charge in [0, 0.05) is 5.39 Å². The van der Waals surface area contributed by atoms with Crippen molar-refractivity contribution in [1.82, 2.24) is 10.2 Å². The number of benzene rings is 3. The van der Waals surface area contributed by atoms with E-state index in [1.54, 1.807) is 18.2 Å². The van der Waals surface area contributed by atoms with Gasteiger partial charge in [-0.3, -0.25) is 9.89 Å². The maximum Gasteiger partial charge on any atom is 0.338 e. The smallest absolute Gasteiger partial charge is 0.338 e. The highest BCUT2D eigenvalue weighted by Crippen LogP contribution is 2.41. The van der Waals surface area contributed by atoms with Gasteiger partial charge >= 0.3 is 5.97 Å². The Kier molecular flexibility index (Phi) is 4.32. The molecule has 8 heteroatoms. The summed E-state index contributed by atoms with van der Waals surface area (Å²) in [6.07, 6.45) is 0. The number of H-pyrrole nitrogens is 1. The van der Waals surface area contributed by atoms with Crippen molar-refractivity contribution < 1.29 is 14.3 Å². The van der Waals surface area contributed by atoms with Crippen molar-refractivity contribution in [3.63, 3.8) is 0 Å². The number of fused-ring (bicyclic) bond motifs is 2. The van der Waals surface area contributed by atoms with Gasteiger partial charge in [-0.25, -0.2) is 4.79 Å². The number of nitrogens with zero attached hydrogens (tertiary/aromatic N) is 1. The summed E-state index contributed by atoms with van der Waals surface area (Å²) in [6.45, 7) is 0.174. The maximum atomic E-state index is 12.6. The number of ether oxygens (including phenoxy) is 1. The summed E-state index contributed by atoms with van der Waals surface area (Å²) >= 11 is 0. The molecular weight excluding hydrogens is 394 g/mol. The number of aromatic amines is 1. The first-order valence-electron chi connectivity index (χ1n) is 9.72. The number of nitrogens with two attached hydrogens (primary N) is 1. The minimum absolute atomic E-state index is 0.174. The number of carbonyl (C=O) groups is 2. The molecule has 8 nitrogen and oxygen atoms in total. The number of carbonyl (C=O) groups excluding carboxylic acids is 2. The van der Waals surface area contributed by atoms with E-state index in [0.717, 1.165) is 10.9 Å². The first-order valence-corrected chi connectivity index (χ1v) is 9.72. The second-order valence-corrected chi connectivity index (χ2v) is 7.30. The van der Waals surface area contributed by atoms with E-state index in [2.05, 4.69) is 20.8 Å². The van der Waals surface area contributed by atoms with E-state index in [9.17, 15) is 9.59 Å². The fraction of sp³-hybridized carbons (Fsp3) is 0.0870. The van der Waals surface area contributed by atoms with Crippen molar-refractivity contribution >= 4 is 34.2 Å². The summed E-state index contributed by atoms with van der Waals surface area (Å²) in [4.78, 5) is 25.1. The molecule has 1 atom stereocenters. The Balaban J connectivity index is 1.43. The van der Waals surface area contributed by atoms with Gasteiger partial charge in [0.2, 0.25) is 5.66 Å². The molecule has 0 saturated carbocycles. The molecule has 0 bridgehead atoms. The Morgan fingerprint density at radius 3 is 2.48 bits per heavy atom. The van der Waals surface area contributed by atoms with E-state index in [1.165, 1.54) is 0 Å². The lowest BCUT2D eigenvalue weighted by molar-refractivity contribution is -0.121. The monoisotopic (exact) mass is 413 g/mol. The minimum Gasteiger partial charge on any atom is -0.457 e. The average Bonchev–Trinajstić information content (AvgIpc) is 3.40. The number of rotatable bonds is 5. The normalized spacial score (nSPS) is 16.9. The van der Waals surface area contributed by atoms with Crippen molar-refractivity contribution in [3.8, 4) is 0 Å². The van der Waals surface area contributed by atoms with E-state index in [4.69, 9.17) is 10.5 Å². The van der Waals surface area contributed by atoms with Crippen LogP contribution in [0, 0.1) is 0 Å². The van der Waals surface area contributed by atoms with Gasteiger partial charge in [0.05, 0.1) is 28.1 Å². The molecule has 1 aliphatic rings. The van der Waals surface area contributed by atoms with Gasteiger partial charge in [0.25, 0.3) is 5.91 Å². The number of anilines is 2. The van der Waals surface area contributed by atoms with Gasteiger partial charge in [-0.1, -0.05) is 48.5 Å². The molecule has 2 heterocycles. The number of aromatic nitrogens is 2. The van der Waals surface area contributed by atoms with E-state index in [-0.39, 0.29) is 6.61 Å². The number of amides is 1. The Labute approximate surface area is 177 Å². The van der Waals surface area contributed by atoms with E-state index < -0.39 is 17.5 Å². The lowest BCUT2D eigenvalue weighted by Gasteiger charge is -2.26. The van der Waals surface area contributed by atoms with Crippen LogP contribution in [-0.2, 0) is 21.8 Å². The number of hydrogen-bond acceptors (Lipinski definition) is 6. The number of hydrogen-bond donors (Lipinski definition) is 4. The van der Waals surface area contributed by atoms with Crippen molar-refractivity contribution in [3.05, 3.63) is 89.6 Å². The van der Waals surface area contributed by atoms with E-state index in [1.807, 2.05) is 54.6 Å². The molecule has 4 aromatic rings. The van der Waals surface area contributed by atoms with Crippen LogP contribution in [0.5, 0.6) is 0 Å². The minimum atomic E-state index is -1.43. The fourth-order valence-corrected chi connectivity index (χ4v) is 3.74. The Morgan fingerprint density at radius 2 is 1.68 bits per heavy atom. The molecule has 31 heavy (non-hydrogen) atoms. The third-order valence-corrected chi connectivity index (χ3v) is 5.32. The van der Waals surface area contributed by atoms with Gasteiger partial charge in [-0.2, -0.15) is 5.10 Å². The Morgan fingerprint density at radius 1 is 0.935 bits per heavy atom. The zero-order chi connectivity index (χ0) is 21.4. The molecule has 5 N–H and O–H groups in total. The second kappa shape index (κ2) is 7.17. The van der Waals surface area contributed by atoms with Crippen molar-refractivity contribution in [1.29, 1.82) is 0 Å². The van der Waals surface area contributed by atoms with Crippen LogP contribution in [0.15, 0.2) is 72.8 Å². The van der Waals surface area contributed by atoms with Gasteiger partial charge in [-0.05, 0) is 29.8 Å². The number of para-hydroxylation sites is 1. The van der Waals surface area contributed by atoms with Gasteiger partial charge in [0.1, 0.15) is 6.61 Å². The van der Waals surface area contributed by atoms with Crippen LogP contribution >= 0.6 is 0 Å². The van der Waals surface area contributed by atoms with Crippen molar-refractivity contribution in [2.75, 3.05) is 10.6 Å². The first-order chi connectivity index (χ1) is 15.1. The van der Waals surface area contributed by atoms with Crippen LogP contribution in [0.2, 0.25) is 0 Å². The molecule has 0 radical (unpaired) electrons. The van der Waals surface area contributed by atoms with E-state index >= 15 is 0 Å². The van der Waals surface area contributed by atoms with Crippen LogP contribution in [0.1, 0.15) is 21.6 Å². The van der Waals surface area contributed by atoms with Gasteiger partial charge in [0.15, 0.2) is 0 Å². The maximum absolute atomic E-state index is 12.6. The molecule has 1 aromatic heterocycles. The molecule has 0 fully saturated rings. The predicted molar refractivity (Wildman–Crippen MR) is 116 cm³/mol. The number of nitrogens with one attached hydrogen (secondary N) is 3. The second-order valence-electron chi connectivity index (χ2n) is 7.30. The van der Waals surface area contributed by atoms with Crippen molar-refractivity contribution in [2.24, 2.45) is 5.73 Å². The molecular formula is C23H19N5O3. The molecule has 0 spiro atoms. The SMILES string of the molecule is NC(=O)C1(c2[nH]nc3ccccc23)Nc2ccc(C(=O)OCc3ccccc3)cc2N1. The lowest BCUT2D eigenvalue weighted by Crippen LogP contribution is -2.51. The highest BCUT2D eigenvalue weighted by Gasteiger charge is 2.46. The molecule has 1 aliphatic heterocycles.